The molecular formula is C31H31NO5S. The van der Waals surface area contributed by atoms with Crippen LogP contribution in [0.5, 0.6) is 5.75 Å². The summed E-state index contributed by atoms with van der Waals surface area (Å²) in [6.07, 6.45) is 1.52. The van der Waals surface area contributed by atoms with Crippen LogP contribution in [0.25, 0.3) is 16.8 Å². The first-order chi connectivity index (χ1) is 18.2. The third-order valence-corrected chi connectivity index (χ3v) is 6.52. The van der Waals surface area contributed by atoms with Gasteiger partial charge >= 0.3 is 12.1 Å². The molecule has 1 N–H and O–H groups in total. The van der Waals surface area contributed by atoms with Gasteiger partial charge in [0.2, 0.25) is 0 Å². The Kier molecular flexibility index (Phi) is 8.48. The number of carboxylic acid groups (broad SMARTS) is 1. The Bertz CT molecular complexity index is 1410. The van der Waals surface area contributed by atoms with Crippen LogP contribution in [0.1, 0.15) is 41.6 Å². The number of carbonyl (C=O) groups is 2. The van der Waals surface area contributed by atoms with E-state index in [2.05, 4.69) is 0 Å². The van der Waals surface area contributed by atoms with Crippen molar-refractivity contribution in [1.29, 1.82) is 0 Å². The molecule has 1 aromatic heterocycles. The monoisotopic (exact) mass is 529 g/mol. The van der Waals surface area contributed by atoms with Gasteiger partial charge in [-0.1, -0.05) is 60.7 Å². The van der Waals surface area contributed by atoms with Crippen LogP contribution >= 0.6 is 11.3 Å². The normalized spacial score (nSPS) is 11.8. The zero-order chi connectivity index (χ0) is 27.1. The lowest BCUT2D eigenvalue weighted by atomic mass is 10.1. The second-order valence-electron chi connectivity index (χ2n) is 9.91. The van der Waals surface area contributed by atoms with E-state index < -0.39 is 17.7 Å². The van der Waals surface area contributed by atoms with Crippen molar-refractivity contribution in [3.8, 4) is 5.75 Å². The minimum atomic E-state index is -0.980. The molecule has 0 spiro atoms. The largest absolute Gasteiger partial charge is 0.489 e. The van der Waals surface area contributed by atoms with Gasteiger partial charge in [-0.15, -0.1) is 11.3 Å². The molecule has 196 valence electrons. The summed E-state index contributed by atoms with van der Waals surface area (Å²) in [5, 5.41) is 13.3. The molecule has 0 saturated carbocycles. The van der Waals surface area contributed by atoms with Crippen LogP contribution in [0.3, 0.4) is 0 Å². The highest BCUT2D eigenvalue weighted by atomic mass is 32.1. The Balaban J connectivity index is 1.64. The van der Waals surface area contributed by atoms with Crippen molar-refractivity contribution in [3.63, 3.8) is 0 Å². The lowest BCUT2D eigenvalue weighted by Crippen LogP contribution is -2.38. The summed E-state index contributed by atoms with van der Waals surface area (Å²) in [5.74, 6) is -0.232. The van der Waals surface area contributed by atoms with E-state index in [0.717, 1.165) is 32.5 Å². The number of aromatic carboxylic acids is 1. The fourth-order valence-electron chi connectivity index (χ4n) is 3.93. The maximum absolute atomic E-state index is 13.2. The number of ether oxygens (including phenoxy) is 2. The fourth-order valence-corrected chi connectivity index (χ4v) is 4.65. The zero-order valence-corrected chi connectivity index (χ0v) is 22.5. The van der Waals surface area contributed by atoms with Crippen LogP contribution < -0.4 is 4.74 Å². The number of amides is 1. The first-order valence-electron chi connectivity index (χ1n) is 12.3. The van der Waals surface area contributed by atoms with Crippen molar-refractivity contribution in [1.82, 2.24) is 4.90 Å². The van der Waals surface area contributed by atoms with Gasteiger partial charge in [-0.3, -0.25) is 4.90 Å². The predicted octanol–water partition coefficient (Wildman–Crippen LogP) is 7.50. The number of nitrogens with zero attached hydrogens (tertiary/aromatic N) is 1. The number of hydrogen-bond acceptors (Lipinski definition) is 5. The molecule has 0 atom stereocenters. The number of carboxylic acids is 1. The maximum Gasteiger partial charge on any atom is 0.410 e. The molecule has 7 heteroatoms. The Hall–Kier alpha value is -4.10. The van der Waals surface area contributed by atoms with Crippen LogP contribution in [0, 0.1) is 0 Å². The van der Waals surface area contributed by atoms with E-state index in [1.54, 1.807) is 40.5 Å². The molecular weight excluding hydrogens is 498 g/mol. The van der Waals surface area contributed by atoms with E-state index in [0.29, 0.717) is 6.54 Å². The average molecular weight is 530 g/mol. The molecule has 3 aromatic carbocycles. The molecule has 38 heavy (non-hydrogen) atoms. The molecule has 4 aromatic rings. The number of thiophene rings is 1. The molecule has 6 nitrogen and oxygen atoms in total. The average Bonchev–Trinajstić information content (AvgIpc) is 3.39. The van der Waals surface area contributed by atoms with E-state index in [1.165, 1.54) is 0 Å². The number of carbonyl (C=O) groups excluding carboxylic acids is 1. The van der Waals surface area contributed by atoms with Crippen LogP contribution in [0.15, 0.2) is 89.8 Å². The summed E-state index contributed by atoms with van der Waals surface area (Å²) < 4.78 is 12.0. The van der Waals surface area contributed by atoms with E-state index in [1.807, 2.05) is 86.8 Å². The third kappa shape index (κ3) is 7.46. The highest BCUT2D eigenvalue weighted by Gasteiger charge is 2.24. The van der Waals surface area contributed by atoms with Gasteiger partial charge in [-0.05, 0) is 66.9 Å². The van der Waals surface area contributed by atoms with Crippen LogP contribution in [-0.2, 0) is 11.3 Å². The van der Waals surface area contributed by atoms with Gasteiger partial charge in [-0.25, -0.2) is 9.59 Å². The standard InChI is InChI=1S/C31H31NO5S/c1-31(2,3)37-30(35)32(20-26-10-7-17-38-26)19-23(18-22-13-15-25(16-14-22)29(33)34)21-36-28-12-6-9-24-8-4-5-11-27(24)28/h4-18H,19-21H2,1-3H3,(H,33,34)/b23-18-. The zero-order valence-electron chi connectivity index (χ0n) is 21.7. The predicted molar refractivity (Wildman–Crippen MR) is 152 cm³/mol. The lowest BCUT2D eigenvalue weighted by molar-refractivity contribution is 0.0250. The first-order valence-corrected chi connectivity index (χ1v) is 13.2. The molecule has 0 fully saturated rings. The Morgan fingerprint density at radius 1 is 0.947 bits per heavy atom. The van der Waals surface area contributed by atoms with Crippen molar-refractivity contribution in [3.05, 3.63) is 106 Å². The van der Waals surface area contributed by atoms with Gasteiger partial charge in [0, 0.05) is 16.8 Å². The van der Waals surface area contributed by atoms with E-state index in [-0.39, 0.29) is 18.7 Å². The van der Waals surface area contributed by atoms with Crippen molar-refractivity contribution in [2.45, 2.75) is 32.9 Å². The summed E-state index contributed by atoms with van der Waals surface area (Å²) >= 11 is 1.58. The van der Waals surface area contributed by atoms with Crippen LogP contribution in [0.2, 0.25) is 0 Å². The topological polar surface area (TPSA) is 76.1 Å². The number of rotatable bonds is 9. The molecule has 0 aliphatic heterocycles. The molecule has 1 amide bonds. The first kappa shape index (κ1) is 26.9. The quantitative estimate of drug-likeness (QED) is 0.243. The molecule has 0 unspecified atom stereocenters. The molecule has 0 bridgehead atoms. The van der Waals surface area contributed by atoms with Crippen molar-refractivity contribution >= 4 is 40.2 Å². The second-order valence-corrected chi connectivity index (χ2v) is 10.9. The van der Waals surface area contributed by atoms with Crippen molar-refractivity contribution in [2.24, 2.45) is 0 Å². The van der Waals surface area contributed by atoms with Gasteiger partial charge in [0.25, 0.3) is 0 Å². The molecule has 0 saturated heterocycles. The second kappa shape index (κ2) is 12.0. The van der Waals surface area contributed by atoms with Gasteiger partial charge in [-0.2, -0.15) is 0 Å². The summed E-state index contributed by atoms with van der Waals surface area (Å²) in [7, 11) is 0. The summed E-state index contributed by atoms with van der Waals surface area (Å²) in [6.45, 7) is 6.45. The van der Waals surface area contributed by atoms with Crippen LogP contribution in [-0.4, -0.2) is 40.8 Å². The van der Waals surface area contributed by atoms with E-state index in [9.17, 15) is 14.7 Å². The van der Waals surface area contributed by atoms with E-state index in [4.69, 9.17) is 9.47 Å². The van der Waals surface area contributed by atoms with Crippen molar-refractivity contribution < 1.29 is 24.2 Å². The van der Waals surface area contributed by atoms with E-state index >= 15 is 0 Å². The number of fused-ring (bicyclic) bond motifs is 1. The summed E-state index contributed by atoms with van der Waals surface area (Å²) in [5.41, 5.74) is 1.22. The van der Waals surface area contributed by atoms with Gasteiger partial charge < -0.3 is 14.6 Å². The smallest absolute Gasteiger partial charge is 0.410 e. The van der Waals surface area contributed by atoms with Gasteiger partial charge in [0.15, 0.2) is 0 Å². The Morgan fingerprint density at radius 3 is 2.37 bits per heavy atom. The van der Waals surface area contributed by atoms with Gasteiger partial charge in [0.1, 0.15) is 18.0 Å². The lowest BCUT2D eigenvalue weighted by Gasteiger charge is -2.28. The SMILES string of the molecule is CC(C)(C)OC(=O)N(C/C(=C/c1ccc(C(=O)O)cc1)COc1cccc2ccccc12)Cc1cccs1. The highest BCUT2D eigenvalue weighted by molar-refractivity contribution is 7.09. The molecule has 0 aliphatic rings. The Morgan fingerprint density at radius 2 is 1.68 bits per heavy atom. The molecule has 0 aliphatic carbocycles. The molecule has 1 heterocycles. The maximum atomic E-state index is 13.2. The number of benzene rings is 3. The van der Waals surface area contributed by atoms with Crippen LogP contribution in [0.4, 0.5) is 4.79 Å². The highest BCUT2D eigenvalue weighted by Crippen LogP contribution is 2.26. The Labute approximate surface area is 226 Å². The molecule has 0 radical (unpaired) electrons. The van der Waals surface area contributed by atoms with Crippen molar-refractivity contribution in [2.75, 3.05) is 13.2 Å². The molecule has 4 rings (SSSR count). The number of hydrogen-bond donors (Lipinski definition) is 1. The summed E-state index contributed by atoms with van der Waals surface area (Å²) in [6, 6.07) is 24.5. The fraction of sp³-hybridized carbons (Fsp3) is 0.226. The third-order valence-electron chi connectivity index (χ3n) is 5.66. The van der Waals surface area contributed by atoms with Gasteiger partial charge in [0.05, 0.1) is 12.1 Å². The summed E-state index contributed by atoms with van der Waals surface area (Å²) in [4.78, 5) is 27.2. The minimum Gasteiger partial charge on any atom is -0.489 e. The minimum absolute atomic E-state index is 0.212.